The molecule has 2 rings (SSSR count). The normalized spacial score (nSPS) is 19.5. The van der Waals surface area contributed by atoms with E-state index in [0.29, 0.717) is 24.2 Å². The lowest BCUT2D eigenvalue weighted by molar-refractivity contribution is -0.142. The summed E-state index contributed by atoms with van der Waals surface area (Å²) < 4.78 is 0. The van der Waals surface area contributed by atoms with Crippen LogP contribution < -0.4 is 0 Å². The van der Waals surface area contributed by atoms with Crippen molar-refractivity contribution in [3.05, 3.63) is 29.1 Å². The average molecular weight is 276 g/mol. The monoisotopic (exact) mass is 276 g/mol. The summed E-state index contributed by atoms with van der Waals surface area (Å²) in [5, 5.41) is 9.33. The number of carboxylic acids is 1. The van der Waals surface area contributed by atoms with Gasteiger partial charge in [0.05, 0.1) is 11.3 Å². The van der Waals surface area contributed by atoms with Crippen LogP contribution in [-0.4, -0.2) is 39.5 Å². The molecule has 1 amide bonds. The van der Waals surface area contributed by atoms with Crippen molar-refractivity contribution in [1.82, 2.24) is 9.88 Å². The maximum Gasteiger partial charge on any atom is 0.326 e. The fourth-order valence-corrected chi connectivity index (χ4v) is 2.68. The predicted octanol–water partition coefficient (Wildman–Crippen LogP) is 2.17. The van der Waals surface area contributed by atoms with Crippen LogP contribution in [-0.2, 0) is 4.79 Å². The standard InChI is InChI=1S/C15H20N2O3/c1-10-7-8-12(11(2)16-10)14(18)17-9-5-3-4-6-13(17)15(19)20/h7-8,13H,3-6,9H2,1-2H3,(H,19,20). The molecule has 1 aliphatic rings. The molecule has 5 heteroatoms. The number of carbonyl (C=O) groups excluding carboxylic acids is 1. The Labute approximate surface area is 118 Å². The first kappa shape index (κ1) is 14.5. The van der Waals surface area contributed by atoms with Crippen molar-refractivity contribution in [1.29, 1.82) is 0 Å². The van der Waals surface area contributed by atoms with Crippen LogP contribution in [0.3, 0.4) is 0 Å². The fourth-order valence-electron chi connectivity index (χ4n) is 2.68. The summed E-state index contributed by atoms with van der Waals surface area (Å²) in [5.74, 6) is -1.14. The van der Waals surface area contributed by atoms with Gasteiger partial charge >= 0.3 is 5.97 Å². The summed E-state index contributed by atoms with van der Waals surface area (Å²) in [7, 11) is 0. The van der Waals surface area contributed by atoms with Crippen LogP contribution in [0.25, 0.3) is 0 Å². The molecule has 1 aromatic heterocycles. The summed E-state index contributed by atoms with van der Waals surface area (Å²) in [6, 6.07) is 2.81. The van der Waals surface area contributed by atoms with E-state index in [1.54, 1.807) is 19.1 Å². The van der Waals surface area contributed by atoms with Crippen molar-refractivity contribution >= 4 is 11.9 Å². The van der Waals surface area contributed by atoms with Crippen molar-refractivity contribution in [2.24, 2.45) is 0 Å². The molecule has 0 spiro atoms. The number of amides is 1. The van der Waals surface area contributed by atoms with E-state index in [1.807, 2.05) is 6.92 Å². The SMILES string of the molecule is Cc1ccc(C(=O)N2CCCCCC2C(=O)O)c(C)n1. The van der Waals surface area contributed by atoms with Gasteiger partial charge in [0.2, 0.25) is 0 Å². The first-order valence-corrected chi connectivity index (χ1v) is 6.98. The number of hydrogen-bond acceptors (Lipinski definition) is 3. The summed E-state index contributed by atoms with van der Waals surface area (Å²) >= 11 is 0. The third-order valence-corrected chi connectivity index (χ3v) is 3.75. The van der Waals surface area contributed by atoms with Crippen molar-refractivity contribution < 1.29 is 14.7 Å². The quantitative estimate of drug-likeness (QED) is 0.898. The van der Waals surface area contributed by atoms with Gasteiger partial charge in [-0.3, -0.25) is 9.78 Å². The predicted molar refractivity (Wildman–Crippen MR) is 74.6 cm³/mol. The lowest BCUT2D eigenvalue weighted by Gasteiger charge is -2.27. The highest BCUT2D eigenvalue weighted by molar-refractivity contribution is 5.97. The highest BCUT2D eigenvalue weighted by Gasteiger charge is 2.31. The van der Waals surface area contributed by atoms with Gasteiger partial charge in [0.15, 0.2) is 0 Å². The van der Waals surface area contributed by atoms with Crippen LogP contribution in [0.15, 0.2) is 12.1 Å². The van der Waals surface area contributed by atoms with E-state index in [0.717, 1.165) is 25.0 Å². The molecule has 2 heterocycles. The van der Waals surface area contributed by atoms with Gasteiger partial charge in [-0.2, -0.15) is 0 Å². The highest BCUT2D eigenvalue weighted by Crippen LogP contribution is 2.20. The minimum absolute atomic E-state index is 0.218. The Bertz CT molecular complexity index is 528. The van der Waals surface area contributed by atoms with E-state index in [2.05, 4.69) is 4.98 Å². The second-order valence-electron chi connectivity index (χ2n) is 5.29. The van der Waals surface area contributed by atoms with Crippen molar-refractivity contribution in [3.8, 4) is 0 Å². The molecule has 0 bridgehead atoms. The molecule has 0 aromatic carbocycles. The van der Waals surface area contributed by atoms with Crippen molar-refractivity contribution in [3.63, 3.8) is 0 Å². The van der Waals surface area contributed by atoms with Gasteiger partial charge in [0.25, 0.3) is 5.91 Å². The van der Waals surface area contributed by atoms with Crippen LogP contribution in [0.2, 0.25) is 0 Å². The number of carbonyl (C=O) groups is 2. The molecule has 20 heavy (non-hydrogen) atoms. The van der Waals surface area contributed by atoms with E-state index < -0.39 is 12.0 Å². The zero-order valence-corrected chi connectivity index (χ0v) is 11.9. The lowest BCUT2D eigenvalue weighted by Crippen LogP contribution is -2.44. The van der Waals surface area contributed by atoms with Gasteiger partial charge in [0, 0.05) is 12.2 Å². The highest BCUT2D eigenvalue weighted by atomic mass is 16.4. The number of pyridine rings is 1. The Balaban J connectivity index is 2.31. The van der Waals surface area contributed by atoms with Crippen LogP contribution >= 0.6 is 0 Å². The molecule has 1 N–H and O–H groups in total. The largest absolute Gasteiger partial charge is 0.480 e. The van der Waals surface area contributed by atoms with Gasteiger partial charge < -0.3 is 10.0 Å². The molecular weight excluding hydrogens is 256 g/mol. The molecular formula is C15H20N2O3. The maximum atomic E-state index is 12.6. The number of aryl methyl sites for hydroxylation is 2. The first-order chi connectivity index (χ1) is 9.50. The van der Waals surface area contributed by atoms with Gasteiger partial charge in [0.1, 0.15) is 6.04 Å². The molecule has 1 saturated heterocycles. The van der Waals surface area contributed by atoms with Crippen molar-refractivity contribution in [2.45, 2.75) is 45.6 Å². The molecule has 5 nitrogen and oxygen atoms in total. The molecule has 1 atom stereocenters. The Hall–Kier alpha value is -1.91. The van der Waals surface area contributed by atoms with Gasteiger partial charge in [-0.1, -0.05) is 12.8 Å². The summed E-state index contributed by atoms with van der Waals surface area (Å²) in [4.78, 5) is 29.8. The Morgan fingerprint density at radius 3 is 2.65 bits per heavy atom. The maximum absolute atomic E-state index is 12.6. The van der Waals surface area contributed by atoms with Crippen LogP contribution in [0.5, 0.6) is 0 Å². The third-order valence-electron chi connectivity index (χ3n) is 3.75. The van der Waals surface area contributed by atoms with Gasteiger partial charge in [-0.15, -0.1) is 0 Å². The Morgan fingerprint density at radius 2 is 2.00 bits per heavy atom. The van der Waals surface area contributed by atoms with Gasteiger partial charge in [-0.05, 0) is 38.8 Å². The second-order valence-corrected chi connectivity index (χ2v) is 5.29. The van der Waals surface area contributed by atoms with E-state index in [1.165, 1.54) is 4.90 Å². The Morgan fingerprint density at radius 1 is 1.25 bits per heavy atom. The number of carboxylic acid groups (broad SMARTS) is 1. The Kier molecular flexibility index (Phi) is 4.37. The van der Waals surface area contributed by atoms with Crippen LogP contribution in [0.4, 0.5) is 0 Å². The fraction of sp³-hybridized carbons (Fsp3) is 0.533. The molecule has 0 aliphatic carbocycles. The number of rotatable bonds is 2. The molecule has 1 fully saturated rings. The summed E-state index contributed by atoms with van der Waals surface area (Å²) in [6.07, 6.45) is 3.21. The molecule has 1 unspecified atom stereocenters. The van der Waals surface area contributed by atoms with E-state index in [9.17, 15) is 14.7 Å². The topological polar surface area (TPSA) is 70.5 Å². The number of likely N-dealkylation sites (tertiary alicyclic amines) is 1. The van der Waals surface area contributed by atoms with E-state index >= 15 is 0 Å². The van der Waals surface area contributed by atoms with Gasteiger partial charge in [-0.25, -0.2) is 4.79 Å². The zero-order chi connectivity index (χ0) is 14.7. The smallest absolute Gasteiger partial charge is 0.326 e. The number of hydrogen-bond donors (Lipinski definition) is 1. The summed E-state index contributed by atoms with van der Waals surface area (Å²) in [5.41, 5.74) is 2.01. The number of aromatic nitrogens is 1. The first-order valence-electron chi connectivity index (χ1n) is 6.98. The molecule has 0 radical (unpaired) electrons. The van der Waals surface area contributed by atoms with Crippen LogP contribution in [0, 0.1) is 13.8 Å². The zero-order valence-electron chi connectivity index (χ0n) is 11.9. The van der Waals surface area contributed by atoms with E-state index in [4.69, 9.17) is 0 Å². The van der Waals surface area contributed by atoms with Crippen molar-refractivity contribution in [2.75, 3.05) is 6.54 Å². The number of aliphatic carboxylic acids is 1. The second kappa shape index (κ2) is 6.03. The van der Waals surface area contributed by atoms with Crippen LogP contribution in [0.1, 0.15) is 47.4 Å². The molecule has 0 saturated carbocycles. The molecule has 108 valence electrons. The minimum atomic E-state index is -0.919. The molecule has 1 aliphatic heterocycles. The summed E-state index contributed by atoms with van der Waals surface area (Å²) in [6.45, 7) is 4.16. The minimum Gasteiger partial charge on any atom is -0.480 e. The molecule has 1 aromatic rings. The number of nitrogens with zero attached hydrogens (tertiary/aromatic N) is 2. The third kappa shape index (κ3) is 2.98. The lowest BCUT2D eigenvalue weighted by atomic mass is 10.1. The average Bonchev–Trinajstić information content (AvgIpc) is 2.63. The van der Waals surface area contributed by atoms with E-state index in [-0.39, 0.29) is 5.91 Å².